The number of nitrogen functional groups attached to an aromatic ring is 1. The molecule has 0 aliphatic carbocycles. The summed E-state index contributed by atoms with van der Waals surface area (Å²) in [5.74, 6) is -3.26. The molecule has 0 radical (unpaired) electrons. The number of rotatable bonds is 2. The molecule has 0 aromatic carbocycles. The summed E-state index contributed by atoms with van der Waals surface area (Å²) in [5.41, 5.74) is 4.48. The van der Waals surface area contributed by atoms with Crippen LogP contribution >= 0.6 is 22.6 Å². The molecule has 0 spiro atoms. The summed E-state index contributed by atoms with van der Waals surface area (Å²) in [4.78, 5) is 15.1. The van der Waals surface area contributed by atoms with Gasteiger partial charge in [-0.2, -0.15) is 4.98 Å². The predicted molar refractivity (Wildman–Crippen MR) is 68.7 cm³/mol. The average Bonchev–Trinajstić information content (AvgIpc) is 2.56. The molecule has 0 saturated carbocycles. The number of aliphatic hydroxyl groups excluding tert-OH is 2. The van der Waals surface area contributed by atoms with Gasteiger partial charge in [0, 0.05) is 6.20 Å². The van der Waals surface area contributed by atoms with Crippen molar-refractivity contribution in [1.82, 2.24) is 9.55 Å². The molecule has 1 aliphatic rings. The molecule has 1 unspecified atom stereocenters. The van der Waals surface area contributed by atoms with E-state index >= 15 is 0 Å². The molecule has 1 fully saturated rings. The van der Waals surface area contributed by atoms with Gasteiger partial charge in [-0.3, -0.25) is 4.57 Å². The minimum atomic E-state index is -3.22. The van der Waals surface area contributed by atoms with Crippen molar-refractivity contribution in [1.29, 1.82) is 0 Å². The molecule has 0 bridgehead atoms. The van der Waals surface area contributed by atoms with Crippen molar-refractivity contribution in [2.45, 2.75) is 24.3 Å². The van der Waals surface area contributed by atoms with Crippen LogP contribution in [0.2, 0.25) is 0 Å². The second kappa shape index (κ2) is 4.94. The lowest BCUT2D eigenvalue weighted by Crippen LogP contribution is -2.45. The molecule has 1 aromatic heterocycles. The number of ether oxygens (including phenoxy) is 1. The zero-order valence-corrected chi connectivity index (χ0v) is 11.6. The van der Waals surface area contributed by atoms with Gasteiger partial charge in [-0.05, 0) is 22.6 Å². The highest BCUT2D eigenvalue weighted by atomic mass is 127. The predicted octanol–water partition coefficient (Wildman–Crippen LogP) is -1.66. The normalized spacial score (nSPS) is 34.7. The quantitative estimate of drug-likeness (QED) is 0.447. The number of hydrogen-bond acceptors (Lipinski definition) is 7. The van der Waals surface area contributed by atoms with Crippen molar-refractivity contribution in [3.8, 4) is 0 Å². The standard InChI is InChI=1S/C9H11FIN3O5/c10-9(18)5(16)4(2-15)19-7(9)14-1-3(11)6(12)13-8(14)17/h1,4-5,7,15-16,18H,2H2,(H2,12,13,17)/t4-,5-,7?,9+/m1/s1. The van der Waals surface area contributed by atoms with Gasteiger partial charge in [0.2, 0.25) is 0 Å². The number of aliphatic hydroxyl groups is 3. The minimum absolute atomic E-state index is 0.0403. The van der Waals surface area contributed by atoms with Gasteiger partial charge in [-0.25, -0.2) is 9.18 Å². The van der Waals surface area contributed by atoms with Crippen molar-refractivity contribution in [3.63, 3.8) is 0 Å². The minimum Gasteiger partial charge on any atom is -0.394 e. The first kappa shape index (κ1) is 14.6. The number of nitrogens with two attached hydrogens (primary N) is 1. The fourth-order valence-electron chi connectivity index (χ4n) is 1.77. The Hall–Kier alpha value is -0.820. The molecule has 5 N–H and O–H groups in total. The lowest BCUT2D eigenvalue weighted by atomic mass is 10.1. The Morgan fingerprint density at radius 1 is 1.68 bits per heavy atom. The highest BCUT2D eigenvalue weighted by molar-refractivity contribution is 14.1. The molecule has 1 aliphatic heterocycles. The Labute approximate surface area is 119 Å². The summed E-state index contributed by atoms with van der Waals surface area (Å²) in [6.07, 6.45) is -3.99. The van der Waals surface area contributed by atoms with Crippen LogP contribution in [0.3, 0.4) is 0 Å². The highest BCUT2D eigenvalue weighted by Crippen LogP contribution is 2.38. The van der Waals surface area contributed by atoms with Gasteiger partial charge in [0.05, 0.1) is 10.2 Å². The van der Waals surface area contributed by atoms with Gasteiger partial charge < -0.3 is 25.8 Å². The van der Waals surface area contributed by atoms with Crippen molar-refractivity contribution >= 4 is 28.4 Å². The molecule has 2 heterocycles. The number of halogens is 2. The average molecular weight is 387 g/mol. The molecule has 1 saturated heterocycles. The summed E-state index contributed by atoms with van der Waals surface area (Å²) in [7, 11) is 0. The number of hydrogen-bond donors (Lipinski definition) is 4. The van der Waals surface area contributed by atoms with Crippen LogP contribution in [0.5, 0.6) is 0 Å². The van der Waals surface area contributed by atoms with E-state index < -0.39 is 36.6 Å². The zero-order chi connectivity index (χ0) is 14.4. The first-order valence-electron chi connectivity index (χ1n) is 5.19. The number of anilines is 1. The van der Waals surface area contributed by atoms with E-state index in [-0.39, 0.29) is 5.82 Å². The summed E-state index contributed by atoms with van der Waals surface area (Å²) in [5, 5.41) is 28.0. The highest BCUT2D eigenvalue weighted by Gasteiger charge is 2.57. The maximum Gasteiger partial charge on any atom is 0.351 e. The Kier molecular flexibility index (Phi) is 3.79. The van der Waals surface area contributed by atoms with Crippen LogP contribution in [0.25, 0.3) is 0 Å². The van der Waals surface area contributed by atoms with Crippen LogP contribution in [0.15, 0.2) is 11.0 Å². The van der Waals surface area contributed by atoms with Gasteiger partial charge in [0.1, 0.15) is 18.0 Å². The van der Waals surface area contributed by atoms with Crippen LogP contribution in [0.1, 0.15) is 6.23 Å². The second-order valence-electron chi connectivity index (χ2n) is 4.05. The van der Waals surface area contributed by atoms with E-state index in [1.807, 2.05) is 0 Å². The Morgan fingerprint density at radius 2 is 2.32 bits per heavy atom. The molecular formula is C9H11FIN3O5. The molecule has 2 rings (SSSR count). The van der Waals surface area contributed by atoms with Crippen LogP contribution in [0.4, 0.5) is 10.2 Å². The first-order chi connectivity index (χ1) is 8.78. The SMILES string of the molecule is Nc1nc(=O)n(C2O[C@H](CO)[C@@H](O)[C@@]2(O)F)cc1I. The molecule has 1 aromatic rings. The fraction of sp³-hybridized carbons (Fsp3) is 0.556. The molecule has 8 nitrogen and oxygen atoms in total. The van der Waals surface area contributed by atoms with Gasteiger partial charge in [-0.15, -0.1) is 0 Å². The van der Waals surface area contributed by atoms with E-state index in [0.717, 1.165) is 6.20 Å². The maximum atomic E-state index is 14.1. The van der Waals surface area contributed by atoms with E-state index in [1.165, 1.54) is 0 Å². The van der Waals surface area contributed by atoms with Crippen molar-refractivity contribution in [2.24, 2.45) is 0 Å². The molecular weight excluding hydrogens is 376 g/mol. The van der Waals surface area contributed by atoms with Gasteiger partial charge in [0.15, 0.2) is 6.23 Å². The molecule has 106 valence electrons. The largest absolute Gasteiger partial charge is 0.394 e. The van der Waals surface area contributed by atoms with Crippen LogP contribution in [-0.2, 0) is 4.74 Å². The lowest BCUT2D eigenvalue weighted by Gasteiger charge is -2.23. The van der Waals surface area contributed by atoms with Gasteiger partial charge >= 0.3 is 5.69 Å². The van der Waals surface area contributed by atoms with Gasteiger partial charge in [0.25, 0.3) is 5.85 Å². The van der Waals surface area contributed by atoms with Crippen LogP contribution in [-0.4, -0.2) is 49.5 Å². The van der Waals surface area contributed by atoms with Gasteiger partial charge in [-0.1, -0.05) is 0 Å². The third-order valence-corrected chi connectivity index (χ3v) is 3.61. The van der Waals surface area contributed by atoms with Crippen LogP contribution in [0, 0.1) is 3.57 Å². The fourth-order valence-corrected chi connectivity index (χ4v) is 2.19. The smallest absolute Gasteiger partial charge is 0.351 e. The molecule has 19 heavy (non-hydrogen) atoms. The Balaban J connectivity index is 2.48. The Bertz CT molecular complexity index is 551. The maximum absolute atomic E-state index is 14.1. The zero-order valence-electron chi connectivity index (χ0n) is 9.40. The number of aromatic nitrogens is 2. The topological polar surface area (TPSA) is 131 Å². The van der Waals surface area contributed by atoms with E-state index in [9.17, 15) is 19.4 Å². The third-order valence-electron chi connectivity index (χ3n) is 2.78. The van der Waals surface area contributed by atoms with E-state index in [1.54, 1.807) is 22.6 Å². The summed E-state index contributed by atoms with van der Waals surface area (Å²) < 4.78 is 20.0. The first-order valence-corrected chi connectivity index (χ1v) is 6.26. The Morgan fingerprint density at radius 3 is 2.84 bits per heavy atom. The molecule has 10 heteroatoms. The molecule has 4 atom stereocenters. The second-order valence-corrected chi connectivity index (χ2v) is 5.21. The summed E-state index contributed by atoms with van der Waals surface area (Å²) >= 11 is 1.77. The summed E-state index contributed by atoms with van der Waals surface area (Å²) in [6.45, 7) is -0.710. The van der Waals surface area contributed by atoms with Crippen molar-refractivity contribution in [3.05, 3.63) is 20.3 Å². The molecule has 0 amide bonds. The van der Waals surface area contributed by atoms with Crippen LogP contribution < -0.4 is 11.4 Å². The lowest BCUT2D eigenvalue weighted by molar-refractivity contribution is -0.197. The number of alkyl halides is 1. The van der Waals surface area contributed by atoms with E-state index in [0.29, 0.717) is 8.14 Å². The van der Waals surface area contributed by atoms with E-state index in [2.05, 4.69) is 4.98 Å². The number of nitrogens with zero attached hydrogens (tertiary/aromatic N) is 2. The monoisotopic (exact) mass is 387 g/mol. The summed E-state index contributed by atoms with van der Waals surface area (Å²) in [6, 6.07) is 0. The third kappa shape index (κ3) is 2.33. The van der Waals surface area contributed by atoms with E-state index in [4.69, 9.17) is 15.6 Å². The van der Waals surface area contributed by atoms with Crippen molar-refractivity contribution < 1.29 is 24.4 Å². The van der Waals surface area contributed by atoms with Crippen molar-refractivity contribution in [2.75, 3.05) is 12.3 Å².